The van der Waals surface area contributed by atoms with Crippen molar-refractivity contribution in [3.8, 4) is 17.2 Å². The summed E-state index contributed by atoms with van der Waals surface area (Å²) in [6, 6.07) is 1.70. The highest BCUT2D eigenvalue weighted by molar-refractivity contribution is 5.57. The van der Waals surface area contributed by atoms with Gasteiger partial charge >= 0.3 is 0 Å². The van der Waals surface area contributed by atoms with Crippen molar-refractivity contribution in [2.24, 2.45) is 0 Å². The fourth-order valence-electron chi connectivity index (χ4n) is 1.49. The summed E-state index contributed by atoms with van der Waals surface area (Å²) in [5.74, 6) is 1.71. The number of ether oxygens (including phenoxy) is 2. The number of hydrogen-bond donors (Lipinski definition) is 1. The van der Waals surface area contributed by atoms with E-state index in [0.717, 1.165) is 16.9 Å². The zero-order valence-corrected chi connectivity index (χ0v) is 7.76. The van der Waals surface area contributed by atoms with Gasteiger partial charge in [-0.2, -0.15) is 0 Å². The first-order valence-electron chi connectivity index (χ1n) is 4.29. The van der Waals surface area contributed by atoms with E-state index in [4.69, 9.17) is 9.47 Å². The Bertz CT molecular complexity index is 345. The highest BCUT2D eigenvalue weighted by atomic mass is 16.6. The molecular formula is C10H12O3. The van der Waals surface area contributed by atoms with E-state index in [-0.39, 0.29) is 5.75 Å². The predicted octanol–water partition coefficient (Wildman–Crippen LogP) is 1.78. The van der Waals surface area contributed by atoms with Crippen LogP contribution in [0.5, 0.6) is 17.2 Å². The molecular weight excluding hydrogens is 168 g/mol. The molecule has 13 heavy (non-hydrogen) atoms. The smallest absolute Gasteiger partial charge is 0.168 e. The summed E-state index contributed by atoms with van der Waals surface area (Å²) >= 11 is 0. The largest absolute Gasteiger partial charge is 0.508 e. The Balaban J connectivity index is 2.63. The average Bonchev–Trinajstić information content (AvgIpc) is 2.15. The van der Waals surface area contributed by atoms with Crippen LogP contribution in [-0.2, 0) is 0 Å². The van der Waals surface area contributed by atoms with Crippen LogP contribution in [0, 0.1) is 13.8 Å². The molecule has 3 heteroatoms. The number of rotatable bonds is 0. The van der Waals surface area contributed by atoms with Gasteiger partial charge in [0.15, 0.2) is 11.5 Å². The monoisotopic (exact) mass is 180 g/mol. The minimum Gasteiger partial charge on any atom is -0.508 e. The molecule has 1 aromatic carbocycles. The van der Waals surface area contributed by atoms with E-state index in [1.165, 1.54) is 0 Å². The first kappa shape index (κ1) is 8.23. The van der Waals surface area contributed by atoms with Gasteiger partial charge in [-0.05, 0) is 25.5 Å². The maximum atomic E-state index is 9.52. The molecule has 0 unspecified atom stereocenters. The number of aromatic hydroxyl groups is 1. The van der Waals surface area contributed by atoms with Gasteiger partial charge in [0.05, 0.1) is 0 Å². The van der Waals surface area contributed by atoms with E-state index in [1.807, 2.05) is 13.8 Å². The number of phenols is 1. The van der Waals surface area contributed by atoms with Gasteiger partial charge in [-0.15, -0.1) is 0 Å². The number of fused-ring (bicyclic) bond motifs is 1. The van der Waals surface area contributed by atoms with Gasteiger partial charge in [-0.25, -0.2) is 0 Å². The quantitative estimate of drug-likeness (QED) is 0.661. The summed E-state index contributed by atoms with van der Waals surface area (Å²) in [7, 11) is 0. The Morgan fingerprint density at radius 1 is 1.15 bits per heavy atom. The predicted molar refractivity (Wildman–Crippen MR) is 48.6 cm³/mol. The fourth-order valence-corrected chi connectivity index (χ4v) is 1.49. The molecule has 0 aromatic heterocycles. The van der Waals surface area contributed by atoms with Crippen LogP contribution >= 0.6 is 0 Å². The second-order valence-electron chi connectivity index (χ2n) is 3.19. The normalized spacial score (nSPS) is 14.3. The number of phenolic OH excluding ortho intramolecular Hbond substituents is 1. The molecule has 0 bridgehead atoms. The van der Waals surface area contributed by atoms with Crippen LogP contribution in [0.4, 0.5) is 0 Å². The molecule has 0 atom stereocenters. The molecule has 1 N–H and O–H groups in total. The molecule has 0 amide bonds. The van der Waals surface area contributed by atoms with Crippen molar-refractivity contribution in [2.75, 3.05) is 13.2 Å². The van der Waals surface area contributed by atoms with E-state index in [2.05, 4.69) is 0 Å². The Morgan fingerprint density at radius 2 is 1.77 bits per heavy atom. The summed E-state index contributed by atoms with van der Waals surface area (Å²) in [6.45, 7) is 4.85. The first-order valence-corrected chi connectivity index (χ1v) is 4.29. The van der Waals surface area contributed by atoms with Crippen LogP contribution in [0.2, 0.25) is 0 Å². The van der Waals surface area contributed by atoms with Crippen molar-refractivity contribution >= 4 is 0 Å². The van der Waals surface area contributed by atoms with Gasteiger partial charge in [-0.1, -0.05) is 0 Å². The molecule has 70 valence electrons. The molecule has 0 radical (unpaired) electrons. The van der Waals surface area contributed by atoms with Gasteiger partial charge in [0.25, 0.3) is 0 Å². The molecule has 2 rings (SSSR count). The lowest BCUT2D eigenvalue weighted by atomic mass is 10.1. The lowest BCUT2D eigenvalue weighted by Crippen LogP contribution is -2.16. The maximum absolute atomic E-state index is 9.52. The van der Waals surface area contributed by atoms with Gasteiger partial charge < -0.3 is 14.6 Å². The Hall–Kier alpha value is -1.38. The summed E-state index contributed by atoms with van der Waals surface area (Å²) < 4.78 is 10.9. The van der Waals surface area contributed by atoms with E-state index in [1.54, 1.807) is 6.07 Å². The summed E-state index contributed by atoms with van der Waals surface area (Å²) in [4.78, 5) is 0. The molecule has 1 aliphatic rings. The Kier molecular flexibility index (Phi) is 1.79. The summed E-state index contributed by atoms with van der Waals surface area (Å²) in [5.41, 5.74) is 1.66. The number of benzene rings is 1. The summed E-state index contributed by atoms with van der Waals surface area (Å²) in [6.07, 6.45) is 0. The SMILES string of the molecule is Cc1cc(O)c(C)c2c1OCCO2. The van der Waals surface area contributed by atoms with Crippen molar-refractivity contribution in [1.29, 1.82) is 0 Å². The van der Waals surface area contributed by atoms with E-state index in [0.29, 0.717) is 19.0 Å². The second-order valence-corrected chi connectivity index (χ2v) is 3.19. The van der Waals surface area contributed by atoms with E-state index < -0.39 is 0 Å². The molecule has 0 saturated carbocycles. The minimum absolute atomic E-state index is 0.266. The van der Waals surface area contributed by atoms with Crippen molar-refractivity contribution in [1.82, 2.24) is 0 Å². The van der Waals surface area contributed by atoms with Gasteiger partial charge in [0.2, 0.25) is 0 Å². The highest BCUT2D eigenvalue weighted by Gasteiger charge is 2.18. The van der Waals surface area contributed by atoms with Gasteiger partial charge in [0, 0.05) is 5.56 Å². The van der Waals surface area contributed by atoms with Gasteiger partial charge in [0.1, 0.15) is 19.0 Å². The molecule has 0 aliphatic carbocycles. The van der Waals surface area contributed by atoms with Crippen LogP contribution in [0.1, 0.15) is 11.1 Å². The first-order chi connectivity index (χ1) is 6.20. The van der Waals surface area contributed by atoms with Crippen molar-refractivity contribution in [2.45, 2.75) is 13.8 Å². The number of hydrogen-bond acceptors (Lipinski definition) is 3. The standard InChI is InChI=1S/C10H12O3/c1-6-5-8(11)7(2)10-9(6)12-3-4-13-10/h5,11H,3-4H2,1-2H3. The van der Waals surface area contributed by atoms with Crippen molar-refractivity contribution < 1.29 is 14.6 Å². The Labute approximate surface area is 76.9 Å². The highest BCUT2D eigenvalue weighted by Crippen LogP contribution is 2.40. The number of aryl methyl sites for hydroxylation is 1. The van der Waals surface area contributed by atoms with Crippen LogP contribution < -0.4 is 9.47 Å². The maximum Gasteiger partial charge on any atom is 0.168 e. The zero-order chi connectivity index (χ0) is 9.42. The molecule has 0 saturated heterocycles. The van der Waals surface area contributed by atoms with Crippen molar-refractivity contribution in [3.63, 3.8) is 0 Å². The third-order valence-corrected chi connectivity index (χ3v) is 2.22. The fraction of sp³-hybridized carbons (Fsp3) is 0.400. The van der Waals surface area contributed by atoms with Crippen LogP contribution in [0.3, 0.4) is 0 Å². The van der Waals surface area contributed by atoms with Gasteiger partial charge in [-0.3, -0.25) is 0 Å². The molecule has 0 spiro atoms. The molecule has 1 aromatic rings. The van der Waals surface area contributed by atoms with E-state index in [9.17, 15) is 5.11 Å². The summed E-state index contributed by atoms with van der Waals surface area (Å²) in [5, 5.41) is 9.52. The van der Waals surface area contributed by atoms with E-state index >= 15 is 0 Å². The lowest BCUT2D eigenvalue weighted by molar-refractivity contribution is 0.168. The topological polar surface area (TPSA) is 38.7 Å². The van der Waals surface area contributed by atoms with Crippen molar-refractivity contribution in [3.05, 3.63) is 17.2 Å². The van der Waals surface area contributed by atoms with Crippen LogP contribution in [-0.4, -0.2) is 18.3 Å². The third-order valence-electron chi connectivity index (χ3n) is 2.22. The molecule has 3 nitrogen and oxygen atoms in total. The molecule has 0 fully saturated rings. The Morgan fingerprint density at radius 3 is 2.46 bits per heavy atom. The van der Waals surface area contributed by atoms with Crippen LogP contribution in [0.25, 0.3) is 0 Å². The lowest BCUT2D eigenvalue weighted by Gasteiger charge is -2.22. The molecule has 1 aliphatic heterocycles. The minimum atomic E-state index is 0.266. The molecule has 1 heterocycles. The van der Waals surface area contributed by atoms with Crippen LogP contribution in [0.15, 0.2) is 6.07 Å². The second kappa shape index (κ2) is 2.83. The average molecular weight is 180 g/mol. The third kappa shape index (κ3) is 1.20. The zero-order valence-electron chi connectivity index (χ0n) is 7.76.